The Bertz CT molecular complexity index is 920. The predicted octanol–water partition coefficient (Wildman–Crippen LogP) is 1.89. The van der Waals surface area contributed by atoms with Crippen LogP contribution in [-0.4, -0.2) is 67.7 Å². The van der Waals surface area contributed by atoms with E-state index in [9.17, 15) is 15.0 Å². The van der Waals surface area contributed by atoms with Crippen LogP contribution in [0.3, 0.4) is 0 Å². The number of fused-ring (bicyclic) bond motifs is 1. The van der Waals surface area contributed by atoms with Crippen LogP contribution in [0, 0.1) is 12.8 Å². The number of morpholine rings is 1. The minimum atomic E-state index is -0.385. The molecule has 0 bridgehead atoms. The largest absolute Gasteiger partial charge is 0.500 e. The molecule has 29 heavy (non-hydrogen) atoms. The van der Waals surface area contributed by atoms with Gasteiger partial charge in [0.1, 0.15) is 5.58 Å². The average molecular weight is 402 g/mol. The summed E-state index contributed by atoms with van der Waals surface area (Å²) in [5, 5.41) is 20.3. The monoisotopic (exact) mass is 402 g/mol. The molecule has 0 saturated carbocycles. The number of aryl methyl sites for hydroxylation is 1. The Morgan fingerprint density at radius 2 is 2.00 bits per heavy atom. The summed E-state index contributed by atoms with van der Waals surface area (Å²) in [5.41, 5.74) is 2.26. The quantitative estimate of drug-likeness (QED) is 0.790. The number of hydrogen-bond donors (Lipinski definition) is 2. The van der Waals surface area contributed by atoms with Crippen LogP contribution in [0.15, 0.2) is 21.3 Å². The molecule has 1 atom stereocenters. The van der Waals surface area contributed by atoms with Crippen molar-refractivity contribution in [3.63, 3.8) is 0 Å². The third-order valence-corrected chi connectivity index (χ3v) is 6.24. The maximum absolute atomic E-state index is 12.7. The van der Waals surface area contributed by atoms with Crippen LogP contribution in [0.25, 0.3) is 11.0 Å². The highest BCUT2D eigenvalue weighted by molar-refractivity contribution is 5.84. The van der Waals surface area contributed by atoms with E-state index in [4.69, 9.17) is 9.15 Å². The summed E-state index contributed by atoms with van der Waals surface area (Å²) < 4.78 is 11.4. The molecule has 0 aliphatic carbocycles. The SMILES string of the molecule is Cc1c(CCN2CCCC(CO)C2)ccc2c(=O)c(O)c(N3CCOCC3)oc12. The van der Waals surface area contributed by atoms with Crippen LogP contribution < -0.4 is 10.3 Å². The summed E-state index contributed by atoms with van der Waals surface area (Å²) in [6.07, 6.45) is 3.08. The molecule has 0 amide bonds. The molecular formula is C22H30N2O5. The molecule has 0 spiro atoms. The molecule has 1 unspecified atom stereocenters. The third kappa shape index (κ3) is 4.13. The molecule has 2 aliphatic rings. The molecule has 158 valence electrons. The summed E-state index contributed by atoms with van der Waals surface area (Å²) in [6.45, 7) is 7.42. The van der Waals surface area contributed by atoms with Gasteiger partial charge >= 0.3 is 0 Å². The van der Waals surface area contributed by atoms with Crippen molar-refractivity contribution in [1.29, 1.82) is 0 Å². The van der Waals surface area contributed by atoms with Crippen LogP contribution in [0.5, 0.6) is 5.75 Å². The van der Waals surface area contributed by atoms with Gasteiger partial charge in [0, 0.05) is 32.8 Å². The number of aliphatic hydroxyl groups is 1. The lowest BCUT2D eigenvalue weighted by molar-refractivity contribution is 0.120. The van der Waals surface area contributed by atoms with Crippen molar-refractivity contribution in [2.24, 2.45) is 5.92 Å². The van der Waals surface area contributed by atoms with Crippen LogP contribution in [0.2, 0.25) is 0 Å². The number of anilines is 1. The van der Waals surface area contributed by atoms with Crippen molar-refractivity contribution in [1.82, 2.24) is 4.90 Å². The van der Waals surface area contributed by atoms with E-state index in [1.54, 1.807) is 6.07 Å². The van der Waals surface area contributed by atoms with Gasteiger partial charge in [-0.05, 0) is 55.8 Å². The molecule has 4 rings (SSSR count). The Morgan fingerprint density at radius 1 is 1.21 bits per heavy atom. The first-order valence-corrected chi connectivity index (χ1v) is 10.5. The Labute approximate surface area is 170 Å². The highest BCUT2D eigenvalue weighted by Gasteiger charge is 2.23. The minimum absolute atomic E-state index is 0.243. The van der Waals surface area contributed by atoms with Crippen molar-refractivity contribution in [3.05, 3.63) is 33.5 Å². The van der Waals surface area contributed by atoms with Gasteiger partial charge < -0.3 is 29.2 Å². The molecule has 3 heterocycles. The molecule has 2 N–H and O–H groups in total. The van der Waals surface area contributed by atoms with Crippen LogP contribution in [-0.2, 0) is 11.2 Å². The lowest BCUT2D eigenvalue weighted by Gasteiger charge is -2.31. The van der Waals surface area contributed by atoms with Crippen molar-refractivity contribution >= 4 is 16.9 Å². The minimum Gasteiger partial charge on any atom is -0.500 e. The van der Waals surface area contributed by atoms with Crippen LogP contribution >= 0.6 is 0 Å². The zero-order valence-electron chi connectivity index (χ0n) is 17.0. The van der Waals surface area contributed by atoms with Crippen molar-refractivity contribution in [3.8, 4) is 5.75 Å². The summed E-state index contributed by atoms with van der Waals surface area (Å²) >= 11 is 0. The molecular weight excluding hydrogens is 372 g/mol. The van der Waals surface area contributed by atoms with Gasteiger partial charge in [0.2, 0.25) is 17.1 Å². The summed E-state index contributed by atoms with van der Waals surface area (Å²) in [6, 6.07) is 3.73. The van der Waals surface area contributed by atoms with Crippen molar-refractivity contribution < 1.29 is 19.4 Å². The summed E-state index contributed by atoms with van der Waals surface area (Å²) in [5.74, 6) is 0.293. The molecule has 1 aromatic carbocycles. The first kappa shape index (κ1) is 20.2. The van der Waals surface area contributed by atoms with E-state index in [1.165, 1.54) is 0 Å². The van der Waals surface area contributed by atoms with Gasteiger partial charge in [-0.25, -0.2) is 0 Å². The van der Waals surface area contributed by atoms with Crippen LogP contribution in [0.1, 0.15) is 24.0 Å². The van der Waals surface area contributed by atoms with E-state index in [-0.39, 0.29) is 23.7 Å². The second-order valence-corrected chi connectivity index (χ2v) is 8.15. The number of aromatic hydroxyl groups is 1. The van der Waals surface area contributed by atoms with Gasteiger partial charge in [-0.1, -0.05) is 6.07 Å². The van der Waals surface area contributed by atoms with Gasteiger partial charge in [0.15, 0.2) is 0 Å². The number of aliphatic hydroxyl groups excluding tert-OH is 1. The number of piperidine rings is 1. The van der Waals surface area contributed by atoms with Gasteiger partial charge in [0.25, 0.3) is 0 Å². The van der Waals surface area contributed by atoms with E-state index in [1.807, 2.05) is 17.9 Å². The fourth-order valence-corrected chi connectivity index (χ4v) is 4.45. The zero-order chi connectivity index (χ0) is 20.4. The number of likely N-dealkylation sites (tertiary alicyclic amines) is 1. The molecule has 2 aromatic rings. The van der Waals surface area contributed by atoms with Crippen LogP contribution in [0.4, 0.5) is 5.88 Å². The summed E-state index contributed by atoms with van der Waals surface area (Å²) in [4.78, 5) is 17.0. The number of benzene rings is 1. The lowest BCUT2D eigenvalue weighted by atomic mass is 9.97. The van der Waals surface area contributed by atoms with Crippen molar-refractivity contribution in [2.75, 3.05) is 57.4 Å². The van der Waals surface area contributed by atoms with E-state index in [0.717, 1.165) is 50.0 Å². The molecule has 2 aliphatic heterocycles. The average Bonchev–Trinajstić information content (AvgIpc) is 2.76. The highest BCUT2D eigenvalue weighted by atomic mass is 16.5. The Hall–Kier alpha value is -2.09. The summed E-state index contributed by atoms with van der Waals surface area (Å²) in [7, 11) is 0. The van der Waals surface area contributed by atoms with E-state index in [0.29, 0.717) is 43.2 Å². The Morgan fingerprint density at radius 3 is 2.76 bits per heavy atom. The Kier molecular flexibility index (Phi) is 6.08. The molecule has 7 nitrogen and oxygen atoms in total. The molecule has 0 radical (unpaired) electrons. The van der Waals surface area contributed by atoms with Gasteiger partial charge in [-0.15, -0.1) is 0 Å². The maximum atomic E-state index is 12.7. The van der Waals surface area contributed by atoms with E-state index in [2.05, 4.69) is 4.90 Å². The molecule has 2 fully saturated rings. The fraction of sp³-hybridized carbons (Fsp3) is 0.591. The second-order valence-electron chi connectivity index (χ2n) is 8.15. The maximum Gasteiger partial charge on any atom is 0.242 e. The van der Waals surface area contributed by atoms with E-state index < -0.39 is 0 Å². The topological polar surface area (TPSA) is 86.4 Å². The molecule has 1 aromatic heterocycles. The van der Waals surface area contributed by atoms with Crippen molar-refractivity contribution in [2.45, 2.75) is 26.2 Å². The number of rotatable bonds is 5. The number of ether oxygens (including phenoxy) is 1. The first-order valence-electron chi connectivity index (χ1n) is 10.5. The van der Waals surface area contributed by atoms with Gasteiger partial charge in [-0.3, -0.25) is 4.79 Å². The second kappa shape index (κ2) is 8.73. The third-order valence-electron chi connectivity index (χ3n) is 6.24. The smallest absolute Gasteiger partial charge is 0.242 e. The van der Waals surface area contributed by atoms with Gasteiger partial charge in [-0.2, -0.15) is 0 Å². The normalized spacial score (nSPS) is 21.0. The van der Waals surface area contributed by atoms with Gasteiger partial charge in [0.05, 0.1) is 18.6 Å². The first-order chi connectivity index (χ1) is 14.1. The Balaban J connectivity index is 1.60. The van der Waals surface area contributed by atoms with E-state index >= 15 is 0 Å². The fourth-order valence-electron chi connectivity index (χ4n) is 4.45. The predicted molar refractivity (Wildman–Crippen MR) is 112 cm³/mol. The molecule has 2 saturated heterocycles. The highest BCUT2D eigenvalue weighted by Crippen LogP contribution is 2.31. The number of hydrogen-bond acceptors (Lipinski definition) is 7. The molecule has 7 heteroatoms. The lowest BCUT2D eigenvalue weighted by Crippen LogP contribution is -2.38. The number of nitrogens with zero attached hydrogens (tertiary/aromatic N) is 2. The standard InChI is InChI=1S/C22H30N2O5/c1-15-17(6-8-23-7-2-3-16(13-23)14-25)4-5-18-19(26)20(27)22(29-21(15)18)24-9-11-28-12-10-24/h4-5,16,25,27H,2-3,6-14H2,1H3. The zero-order valence-corrected chi connectivity index (χ0v) is 17.0.